The van der Waals surface area contributed by atoms with Gasteiger partial charge in [0.05, 0.1) is 28.1 Å². The number of hydrogen-bond acceptors (Lipinski definition) is 9. The maximum Gasteiger partial charge on any atom is 0.337 e. The minimum Gasteiger partial charge on any atom is -0.478 e. The van der Waals surface area contributed by atoms with Crippen LogP contribution in [0, 0.1) is 10.1 Å². The molecule has 5 rings (SSSR count). The molecule has 5 aromatic rings. The van der Waals surface area contributed by atoms with Crippen LogP contribution in [0.2, 0.25) is 0 Å². The summed E-state index contributed by atoms with van der Waals surface area (Å²) < 4.78 is 30.6. The largest absolute Gasteiger partial charge is 0.478 e. The zero-order chi connectivity index (χ0) is 29.0. The highest BCUT2D eigenvalue weighted by Gasteiger charge is 2.24. The summed E-state index contributed by atoms with van der Waals surface area (Å²) in [5.41, 5.74) is 3.72. The number of thiophene rings is 1. The number of aromatic carboxylic acids is 1. The molecule has 12 nitrogen and oxygen atoms in total. The Morgan fingerprint density at radius 3 is 2.49 bits per heavy atom. The molecule has 0 radical (unpaired) electrons. The van der Waals surface area contributed by atoms with Gasteiger partial charge < -0.3 is 5.11 Å². The first-order valence-electron chi connectivity index (χ1n) is 11.8. The molecule has 2 aromatic heterocycles. The summed E-state index contributed by atoms with van der Waals surface area (Å²) in [4.78, 5) is 21.8. The normalized spacial score (nSPS) is 11.4. The molecule has 206 valence electrons. The number of hydrazone groups is 1. The van der Waals surface area contributed by atoms with Gasteiger partial charge in [-0.2, -0.15) is 10.2 Å². The summed E-state index contributed by atoms with van der Waals surface area (Å²) >= 11 is 1.50. The van der Waals surface area contributed by atoms with Crippen LogP contribution in [-0.4, -0.2) is 40.4 Å². The fraction of sp³-hybridized carbons (Fsp3) is 0. The lowest BCUT2D eigenvalue weighted by Gasteiger charge is -2.13. The second-order valence-corrected chi connectivity index (χ2v) is 11.0. The predicted octanol–water partition coefficient (Wildman–Crippen LogP) is 5.45. The molecule has 0 aliphatic carbocycles. The van der Waals surface area contributed by atoms with Crippen molar-refractivity contribution in [1.82, 2.24) is 9.78 Å². The summed E-state index contributed by atoms with van der Waals surface area (Å²) in [5.74, 6) is -1.34. The first-order valence-corrected chi connectivity index (χ1v) is 14.2. The number of nitro benzene ring substituents is 1. The lowest BCUT2D eigenvalue weighted by atomic mass is 10.1. The number of nitro groups is 1. The highest BCUT2D eigenvalue weighted by atomic mass is 32.2. The number of nitrogens with one attached hydrogen (secondary N) is 2. The smallest absolute Gasteiger partial charge is 0.337 e. The van der Waals surface area contributed by atoms with Gasteiger partial charge in [-0.1, -0.05) is 42.5 Å². The molecule has 0 unspecified atom stereocenters. The van der Waals surface area contributed by atoms with Crippen molar-refractivity contribution in [2.75, 3.05) is 10.1 Å². The molecular formula is C27H20N6O6S2. The van der Waals surface area contributed by atoms with Gasteiger partial charge in [0.1, 0.15) is 15.6 Å². The minimum absolute atomic E-state index is 0.0703. The summed E-state index contributed by atoms with van der Waals surface area (Å²) in [6.07, 6.45) is 3.24. The number of non-ortho nitro benzene ring substituents is 1. The molecular weight excluding hydrogens is 568 g/mol. The van der Waals surface area contributed by atoms with Crippen molar-refractivity contribution in [2.24, 2.45) is 5.10 Å². The van der Waals surface area contributed by atoms with E-state index in [0.29, 0.717) is 11.3 Å². The lowest BCUT2D eigenvalue weighted by Crippen LogP contribution is -2.17. The molecule has 0 aliphatic rings. The van der Waals surface area contributed by atoms with E-state index in [1.165, 1.54) is 47.9 Å². The average Bonchev–Trinajstić information content (AvgIpc) is 3.64. The number of rotatable bonds is 10. The summed E-state index contributed by atoms with van der Waals surface area (Å²) in [6.45, 7) is 0. The minimum atomic E-state index is -4.50. The number of carbonyl (C=O) groups is 1. The van der Waals surface area contributed by atoms with E-state index in [4.69, 9.17) is 0 Å². The van der Waals surface area contributed by atoms with Gasteiger partial charge in [-0.25, -0.2) is 17.9 Å². The Morgan fingerprint density at radius 1 is 1.02 bits per heavy atom. The Balaban J connectivity index is 1.50. The second kappa shape index (κ2) is 11.4. The molecule has 0 bridgehead atoms. The third-order valence-electron chi connectivity index (χ3n) is 5.78. The zero-order valence-electron chi connectivity index (χ0n) is 20.9. The van der Waals surface area contributed by atoms with Crippen molar-refractivity contribution in [2.45, 2.75) is 4.90 Å². The van der Waals surface area contributed by atoms with Crippen molar-refractivity contribution in [3.05, 3.63) is 118 Å². The number of aromatic nitrogens is 2. The van der Waals surface area contributed by atoms with E-state index in [9.17, 15) is 28.4 Å². The molecule has 0 atom stereocenters. The molecule has 0 saturated heterocycles. The van der Waals surface area contributed by atoms with Gasteiger partial charge in [-0.05, 0) is 35.7 Å². The predicted molar refractivity (Wildman–Crippen MR) is 155 cm³/mol. The van der Waals surface area contributed by atoms with Crippen LogP contribution >= 0.6 is 11.3 Å². The fourth-order valence-electron chi connectivity index (χ4n) is 3.88. The van der Waals surface area contributed by atoms with Crippen molar-refractivity contribution >= 4 is 50.6 Å². The molecule has 3 aromatic carbocycles. The number of para-hydroxylation sites is 1. The highest BCUT2D eigenvalue weighted by molar-refractivity contribution is 7.93. The number of anilines is 2. The van der Waals surface area contributed by atoms with Crippen molar-refractivity contribution < 1.29 is 23.2 Å². The van der Waals surface area contributed by atoms with E-state index in [0.717, 1.165) is 22.7 Å². The molecule has 0 aliphatic heterocycles. The molecule has 3 N–H and O–H groups in total. The zero-order valence-corrected chi connectivity index (χ0v) is 22.5. The summed E-state index contributed by atoms with van der Waals surface area (Å²) in [5, 5.41) is 32.6. The standard InChI is InChI=1S/C27H20N6O6S2/c34-27(35)21-9-4-5-10-22(21)31-41(38,39)24-15-20(33(36)37)12-13-23(24)29-28-16-19-17-32(25-11-6-14-40-25)30-26(19)18-7-2-1-3-8-18/h1-17,29,31H,(H,34,35)/b28-16-. The molecule has 14 heteroatoms. The SMILES string of the molecule is O=C(O)c1ccccc1NS(=O)(=O)c1cc([N+](=O)[O-])ccc1N/N=C\c1cn(-c2cccs2)nc1-c1ccccc1. The van der Waals surface area contributed by atoms with Gasteiger partial charge in [-0.3, -0.25) is 20.3 Å². The number of sulfonamides is 1. The first kappa shape index (κ1) is 27.2. The highest BCUT2D eigenvalue weighted by Crippen LogP contribution is 2.30. The van der Waals surface area contributed by atoms with Gasteiger partial charge in [0.2, 0.25) is 0 Å². The third kappa shape index (κ3) is 5.98. The summed E-state index contributed by atoms with van der Waals surface area (Å²) in [6, 6.07) is 21.9. The number of benzene rings is 3. The quantitative estimate of drug-likeness (QED) is 0.110. The lowest BCUT2D eigenvalue weighted by molar-refractivity contribution is -0.385. The molecule has 0 saturated carbocycles. The second-order valence-electron chi connectivity index (χ2n) is 8.46. The van der Waals surface area contributed by atoms with Crippen LogP contribution in [0.15, 0.2) is 107 Å². The van der Waals surface area contributed by atoms with Crippen molar-refractivity contribution in [1.29, 1.82) is 0 Å². The van der Waals surface area contributed by atoms with Crippen LogP contribution in [0.3, 0.4) is 0 Å². The fourth-order valence-corrected chi connectivity index (χ4v) is 5.80. The Morgan fingerprint density at radius 2 is 1.78 bits per heavy atom. The molecule has 0 spiro atoms. The average molecular weight is 589 g/mol. The van der Waals surface area contributed by atoms with E-state index in [2.05, 4.69) is 20.3 Å². The van der Waals surface area contributed by atoms with E-state index in [-0.39, 0.29) is 16.9 Å². The topological polar surface area (TPSA) is 169 Å². The monoisotopic (exact) mass is 588 g/mol. The Labute approximate surface area is 237 Å². The number of nitrogens with zero attached hydrogens (tertiary/aromatic N) is 4. The van der Waals surface area contributed by atoms with E-state index >= 15 is 0 Å². The van der Waals surface area contributed by atoms with E-state index < -0.39 is 31.5 Å². The van der Waals surface area contributed by atoms with E-state index in [1.807, 2.05) is 47.8 Å². The van der Waals surface area contributed by atoms with Gasteiger partial charge in [0.25, 0.3) is 15.7 Å². The number of hydrogen-bond donors (Lipinski definition) is 3. The van der Waals surface area contributed by atoms with Crippen LogP contribution in [0.4, 0.5) is 17.1 Å². The van der Waals surface area contributed by atoms with Gasteiger partial charge >= 0.3 is 5.97 Å². The third-order valence-corrected chi connectivity index (χ3v) is 8.04. The Bertz CT molecular complexity index is 1870. The van der Waals surface area contributed by atoms with Crippen LogP contribution in [0.1, 0.15) is 15.9 Å². The molecule has 0 amide bonds. The van der Waals surface area contributed by atoms with Crippen molar-refractivity contribution in [3.63, 3.8) is 0 Å². The number of carboxylic acid groups (broad SMARTS) is 1. The van der Waals surface area contributed by atoms with E-state index in [1.54, 1.807) is 10.9 Å². The Kier molecular flexibility index (Phi) is 7.58. The van der Waals surface area contributed by atoms with Crippen molar-refractivity contribution in [3.8, 4) is 16.3 Å². The molecule has 41 heavy (non-hydrogen) atoms. The van der Waals surface area contributed by atoms with Crippen LogP contribution in [0.25, 0.3) is 16.3 Å². The molecule has 2 heterocycles. The van der Waals surface area contributed by atoms with Crippen LogP contribution in [0.5, 0.6) is 0 Å². The van der Waals surface area contributed by atoms with Crippen LogP contribution < -0.4 is 10.1 Å². The Hall–Kier alpha value is -5.34. The maximum absolute atomic E-state index is 13.3. The van der Waals surface area contributed by atoms with Gasteiger partial charge in [0, 0.05) is 29.5 Å². The number of carboxylic acids is 1. The van der Waals surface area contributed by atoms with Gasteiger partial charge in [-0.15, -0.1) is 11.3 Å². The molecule has 0 fully saturated rings. The van der Waals surface area contributed by atoms with Crippen LogP contribution in [-0.2, 0) is 10.0 Å². The first-order chi connectivity index (χ1) is 19.7. The van der Waals surface area contributed by atoms with Gasteiger partial charge in [0.15, 0.2) is 0 Å². The maximum atomic E-state index is 13.3. The summed E-state index contributed by atoms with van der Waals surface area (Å²) in [7, 11) is -4.50.